The van der Waals surface area contributed by atoms with Gasteiger partial charge in [-0.3, -0.25) is 4.68 Å². The van der Waals surface area contributed by atoms with E-state index in [0.717, 1.165) is 12.0 Å². The van der Waals surface area contributed by atoms with Crippen molar-refractivity contribution in [1.82, 2.24) is 20.0 Å². The fourth-order valence-corrected chi connectivity index (χ4v) is 2.49. The molecule has 7 heteroatoms. The van der Waals surface area contributed by atoms with Gasteiger partial charge in [0.1, 0.15) is 0 Å². The highest BCUT2D eigenvalue weighted by molar-refractivity contribution is 5.74. The third kappa shape index (κ3) is 5.41. The van der Waals surface area contributed by atoms with Crippen LogP contribution in [-0.4, -0.2) is 54.6 Å². The molecular weight excluding hydrogens is 320 g/mol. The van der Waals surface area contributed by atoms with Gasteiger partial charge in [0.25, 0.3) is 0 Å². The Morgan fingerprint density at radius 3 is 2.72 bits per heavy atom. The lowest BCUT2D eigenvalue weighted by Gasteiger charge is -2.21. The molecule has 2 rings (SSSR count). The van der Waals surface area contributed by atoms with Crippen molar-refractivity contribution < 1.29 is 14.3 Å². The van der Waals surface area contributed by atoms with Crippen LogP contribution in [0.1, 0.15) is 12.5 Å². The minimum absolute atomic E-state index is 0.00377. The third-order valence-electron chi connectivity index (χ3n) is 3.92. The van der Waals surface area contributed by atoms with Gasteiger partial charge in [-0.05, 0) is 37.1 Å². The second-order valence-corrected chi connectivity index (χ2v) is 5.94. The van der Waals surface area contributed by atoms with Gasteiger partial charge in [-0.15, -0.1) is 0 Å². The zero-order valence-electron chi connectivity index (χ0n) is 15.2. The molecule has 25 heavy (non-hydrogen) atoms. The summed E-state index contributed by atoms with van der Waals surface area (Å²) < 4.78 is 12.3. The van der Waals surface area contributed by atoms with Crippen molar-refractivity contribution in [2.24, 2.45) is 0 Å². The summed E-state index contributed by atoms with van der Waals surface area (Å²) in [4.78, 5) is 13.9. The number of aromatic nitrogens is 2. The standard InChI is InChI=1S/C18H26N4O3/c1-14(13-22-10-5-9-19-22)20-18(23)21(2)11-8-15-6-7-16(24-3)17(12-15)25-4/h5-7,9-10,12,14H,8,11,13H2,1-4H3,(H,20,23)/t14-/m0/s1. The minimum atomic E-state index is -0.0971. The van der Waals surface area contributed by atoms with Gasteiger partial charge in [0.2, 0.25) is 0 Å². The van der Waals surface area contributed by atoms with E-state index in [2.05, 4.69) is 10.4 Å². The van der Waals surface area contributed by atoms with Crippen LogP contribution in [0.15, 0.2) is 36.7 Å². The Balaban J connectivity index is 1.82. The zero-order chi connectivity index (χ0) is 18.2. The fourth-order valence-electron chi connectivity index (χ4n) is 2.49. The SMILES string of the molecule is COc1ccc(CCN(C)C(=O)N[C@@H](C)Cn2cccn2)cc1OC. The van der Waals surface area contributed by atoms with E-state index in [4.69, 9.17) is 9.47 Å². The van der Waals surface area contributed by atoms with Crippen LogP contribution in [0.3, 0.4) is 0 Å². The number of likely N-dealkylation sites (N-methyl/N-ethyl adjacent to an activating group) is 1. The Bertz CT molecular complexity index is 673. The molecule has 0 bridgehead atoms. The molecule has 2 aromatic rings. The molecule has 0 aliphatic heterocycles. The molecule has 1 atom stereocenters. The maximum absolute atomic E-state index is 12.3. The molecule has 1 aromatic carbocycles. The number of hydrogen-bond donors (Lipinski definition) is 1. The molecule has 0 fully saturated rings. The molecular formula is C18H26N4O3. The average Bonchev–Trinajstić information content (AvgIpc) is 3.11. The molecule has 0 saturated heterocycles. The number of methoxy groups -OCH3 is 2. The van der Waals surface area contributed by atoms with Crippen molar-refractivity contribution in [2.75, 3.05) is 27.8 Å². The Kier molecular flexibility index (Phi) is 6.68. The number of nitrogens with zero attached hydrogens (tertiary/aromatic N) is 3. The highest BCUT2D eigenvalue weighted by Crippen LogP contribution is 2.27. The molecule has 1 N–H and O–H groups in total. The number of rotatable bonds is 8. The van der Waals surface area contributed by atoms with Crippen molar-refractivity contribution in [3.63, 3.8) is 0 Å². The first-order valence-corrected chi connectivity index (χ1v) is 8.23. The van der Waals surface area contributed by atoms with E-state index in [1.807, 2.05) is 37.4 Å². The van der Waals surface area contributed by atoms with Gasteiger partial charge in [-0.1, -0.05) is 6.07 Å². The molecule has 1 heterocycles. The van der Waals surface area contributed by atoms with Crippen LogP contribution < -0.4 is 14.8 Å². The second-order valence-electron chi connectivity index (χ2n) is 5.94. The van der Waals surface area contributed by atoms with Gasteiger partial charge in [0.05, 0.1) is 20.8 Å². The second kappa shape index (κ2) is 8.96. The number of nitrogens with one attached hydrogen (secondary N) is 1. The van der Waals surface area contributed by atoms with Crippen LogP contribution >= 0.6 is 0 Å². The molecule has 0 spiro atoms. The van der Waals surface area contributed by atoms with E-state index in [1.165, 1.54) is 0 Å². The summed E-state index contributed by atoms with van der Waals surface area (Å²) in [7, 11) is 5.01. The van der Waals surface area contributed by atoms with E-state index in [1.54, 1.807) is 37.0 Å². The summed E-state index contributed by atoms with van der Waals surface area (Å²) in [6, 6.07) is 7.55. The smallest absolute Gasteiger partial charge is 0.317 e. The average molecular weight is 346 g/mol. The minimum Gasteiger partial charge on any atom is -0.493 e. The van der Waals surface area contributed by atoms with Crippen molar-refractivity contribution >= 4 is 6.03 Å². The highest BCUT2D eigenvalue weighted by atomic mass is 16.5. The number of carbonyl (C=O) groups excluding carboxylic acids is 1. The molecule has 136 valence electrons. The molecule has 0 aliphatic carbocycles. The van der Waals surface area contributed by atoms with E-state index < -0.39 is 0 Å². The van der Waals surface area contributed by atoms with E-state index >= 15 is 0 Å². The molecule has 0 radical (unpaired) electrons. The Labute approximate surface area is 148 Å². The summed E-state index contributed by atoms with van der Waals surface area (Å²) >= 11 is 0. The summed E-state index contributed by atoms with van der Waals surface area (Å²) in [5, 5.41) is 7.12. The monoisotopic (exact) mass is 346 g/mol. The van der Waals surface area contributed by atoms with Gasteiger partial charge in [0.15, 0.2) is 11.5 Å². The van der Waals surface area contributed by atoms with Crippen molar-refractivity contribution in [2.45, 2.75) is 25.9 Å². The van der Waals surface area contributed by atoms with Gasteiger partial charge < -0.3 is 19.7 Å². The fraction of sp³-hybridized carbons (Fsp3) is 0.444. The molecule has 2 amide bonds. The molecule has 0 saturated carbocycles. The number of carbonyl (C=O) groups is 1. The summed E-state index contributed by atoms with van der Waals surface area (Å²) in [5.74, 6) is 1.39. The van der Waals surface area contributed by atoms with Crippen LogP contribution in [0, 0.1) is 0 Å². The van der Waals surface area contributed by atoms with Crippen LogP contribution in [0.2, 0.25) is 0 Å². The Morgan fingerprint density at radius 2 is 2.08 bits per heavy atom. The Hall–Kier alpha value is -2.70. The first-order valence-electron chi connectivity index (χ1n) is 8.23. The van der Waals surface area contributed by atoms with Gasteiger partial charge >= 0.3 is 6.03 Å². The van der Waals surface area contributed by atoms with Crippen LogP contribution in [0.4, 0.5) is 4.79 Å². The Morgan fingerprint density at radius 1 is 1.32 bits per heavy atom. The number of hydrogen-bond acceptors (Lipinski definition) is 4. The first-order chi connectivity index (χ1) is 12.0. The predicted molar refractivity (Wildman–Crippen MR) is 96.1 cm³/mol. The van der Waals surface area contributed by atoms with Crippen molar-refractivity contribution in [3.05, 3.63) is 42.2 Å². The normalized spacial score (nSPS) is 11.7. The van der Waals surface area contributed by atoms with E-state index in [0.29, 0.717) is 24.6 Å². The predicted octanol–water partition coefficient (Wildman–Crippen LogP) is 2.17. The largest absolute Gasteiger partial charge is 0.493 e. The lowest BCUT2D eigenvalue weighted by molar-refractivity contribution is 0.204. The number of benzene rings is 1. The zero-order valence-corrected chi connectivity index (χ0v) is 15.2. The lowest BCUT2D eigenvalue weighted by atomic mass is 10.1. The topological polar surface area (TPSA) is 68.6 Å². The van der Waals surface area contributed by atoms with Gasteiger partial charge in [-0.2, -0.15) is 5.10 Å². The van der Waals surface area contributed by atoms with Crippen LogP contribution in [0.25, 0.3) is 0 Å². The molecule has 0 aliphatic rings. The third-order valence-corrected chi connectivity index (χ3v) is 3.92. The van der Waals surface area contributed by atoms with Crippen molar-refractivity contribution in [3.8, 4) is 11.5 Å². The van der Waals surface area contributed by atoms with Gasteiger partial charge in [-0.25, -0.2) is 4.79 Å². The maximum Gasteiger partial charge on any atom is 0.317 e. The number of urea groups is 1. The van der Waals surface area contributed by atoms with E-state index in [-0.39, 0.29) is 12.1 Å². The van der Waals surface area contributed by atoms with E-state index in [9.17, 15) is 4.79 Å². The van der Waals surface area contributed by atoms with Crippen LogP contribution in [0.5, 0.6) is 11.5 Å². The van der Waals surface area contributed by atoms with Gasteiger partial charge in [0, 0.05) is 32.0 Å². The number of ether oxygens (including phenoxy) is 2. The van der Waals surface area contributed by atoms with Crippen molar-refractivity contribution in [1.29, 1.82) is 0 Å². The summed E-state index contributed by atoms with van der Waals surface area (Å²) in [5.41, 5.74) is 1.09. The molecule has 1 aromatic heterocycles. The quantitative estimate of drug-likeness (QED) is 0.795. The summed E-state index contributed by atoms with van der Waals surface area (Å²) in [6.07, 6.45) is 4.34. The summed E-state index contributed by atoms with van der Waals surface area (Å²) in [6.45, 7) is 3.21. The maximum atomic E-state index is 12.3. The highest BCUT2D eigenvalue weighted by Gasteiger charge is 2.13. The molecule has 0 unspecified atom stereocenters. The van der Waals surface area contributed by atoms with Crippen LogP contribution in [-0.2, 0) is 13.0 Å². The number of amides is 2. The first kappa shape index (κ1) is 18.6. The lowest BCUT2D eigenvalue weighted by Crippen LogP contribution is -2.44. The molecule has 7 nitrogen and oxygen atoms in total.